The Kier molecular flexibility index (Phi) is 4.76. The molecule has 1 amide bonds. The summed E-state index contributed by atoms with van der Waals surface area (Å²) < 4.78 is 5.26. The van der Waals surface area contributed by atoms with Gasteiger partial charge < -0.3 is 15.0 Å². The van der Waals surface area contributed by atoms with Crippen molar-refractivity contribution < 1.29 is 9.53 Å². The number of hydrogen-bond donors (Lipinski definition) is 1. The number of nitrogens with zero attached hydrogens (tertiary/aromatic N) is 3. The van der Waals surface area contributed by atoms with Crippen molar-refractivity contribution >= 4 is 17.4 Å². The summed E-state index contributed by atoms with van der Waals surface area (Å²) in [7, 11) is 0. The van der Waals surface area contributed by atoms with Crippen LogP contribution in [0.2, 0.25) is 0 Å². The first-order chi connectivity index (χ1) is 11.5. The zero-order valence-corrected chi connectivity index (χ0v) is 14.3. The first kappa shape index (κ1) is 16.4. The van der Waals surface area contributed by atoms with E-state index < -0.39 is 0 Å². The molecule has 1 aliphatic rings. The van der Waals surface area contributed by atoms with Crippen LogP contribution >= 0.6 is 0 Å². The summed E-state index contributed by atoms with van der Waals surface area (Å²) in [6.07, 6.45) is 3.13. The van der Waals surface area contributed by atoms with Crippen LogP contribution in [0.5, 0.6) is 0 Å². The maximum absolute atomic E-state index is 12.4. The van der Waals surface area contributed by atoms with Gasteiger partial charge >= 0.3 is 0 Å². The lowest BCUT2D eigenvalue weighted by atomic mass is 10.1. The summed E-state index contributed by atoms with van der Waals surface area (Å²) in [6.45, 7) is 8.55. The summed E-state index contributed by atoms with van der Waals surface area (Å²) in [5, 5.41) is 3.29. The monoisotopic (exact) mass is 326 g/mol. The van der Waals surface area contributed by atoms with Crippen molar-refractivity contribution in [3.05, 3.63) is 46.9 Å². The molecule has 0 atom stereocenters. The molecule has 6 heteroatoms. The first-order valence-electron chi connectivity index (χ1n) is 8.08. The number of aromatic nitrogens is 2. The van der Waals surface area contributed by atoms with E-state index in [1.807, 2.05) is 0 Å². The van der Waals surface area contributed by atoms with Gasteiger partial charge in [0.25, 0.3) is 5.91 Å². The molecule has 126 valence electrons. The van der Waals surface area contributed by atoms with Crippen LogP contribution in [0.15, 0.2) is 24.5 Å². The highest BCUT2D eigenvalue weighted by molar-refractivity contribution is 5.92. The lowest BCUT2D eigenvalue weighted by Crippen LogP contribution is -2.41. The number of aryl methyl sites for hydroxylation is 3. The smallest absolute Gasteiger partial charge is 0.274 e. The van der Waals surface area contributed by atoms with Gasteiger partial charge in [-0.2, -0.15) is 0 Å². The van der Waals surface area contributed by atoms with E-state index in [0.29, 0.717) is 37.8 Å². The van der Waals surface area contributed by atoms with E-state index in [-0.39, 0.29) is 5.91 Å². The van der Waals surface area contributed by atoms with Crippen LogP contribution in [0.25, 0.3) is 0 Å². The van der Waals surface area contributed by atoms with Crippen LogP contribution in [-0.4, -0.2) is 47.1 Å². The molecule has 24 heavy (non-hydrogen) atoms. The van der Waals surface area contributed by atoms with Gasteiger partial charge in [0.15, 0.2) is 0 Å². The number of hydrogen-bond acceptors (Lipinski definition) is 5. The highest BCUT2D eigenvalue weighted by Gasteiger charge is 2.19. The SMILES string of the molecule is Cc1cc(C)c(Nc2cnc(C(=O)N3CCOCC3)cn2)c(C)c1. The molecule has 1 fully saturated rings. The Labute approximate surface area is 141 Å². The van der Waals surface area contributed by atoms with Crippen LogP contribution in [0.1, 0.15) is 27.2 Å². The minimum Gasteiger partial charge on any atom is -0.378 e. The molecular weight excluding hydrogens is 304 g/mol. The van der Waals surface area contributed by atoms with Crippen molar-refractivity contribution in [3.8, 4) is 0 Å². The second kappa shape index (κ2) is 6.97. The molecule has 1 aromatic heterocycles. The number of anilines is 2. The summed E-state index contributed by atoms with van der Waals surface area (Å²) in [5.41, 5.74) is 4.93. The van der Waals surface area contributed by atoms with E-state index in [1.165, 1.54) is 11.8 Å². The van der Waals surface area contributed by atoms with Crippen LogP contribution in [0.4, 0.5) is 11.5 Å². The van der Waals surface area contributed by atoms with E-state index in [0.717, 1.165) is 16.8 Å². The van der Waals surface area contributed by atoms with E-state index in [2.05, 4.69) is 48.2 Å². The maximum Gasteiger partial charge on any atom is 0.274 e. The summed E-state index contributed by atoms with van der Waals surface area (Å²) in [6, 6.07) is 4.25. The minimum absolute atomic E-state index is 0.0972. The zero-order valence-electron chi connectivity index (χ0n) is 14.3. The summed E-state index contributed by atoms with van der Waals surface area (Å²) in [4.78, 5) is 22.7. The Balaban J connectivity index is 1.74. The first-order valence-corrected chi connectivity index (χ1v) is 8.08. The average Bonchev–Trinajstić information content (AvgIpc) is 2.59. The summed E-state index contributed by atoms with van der Waals surface area (Å²) in [5.74, 6) is 0.531. The maximum atomic E-state index is 12.4. The molecule has 1 saturated heterocycles. The Morgan fingerprint density at radius 2 is 1.75 bits per heavy atom. The minimum atomic E-state index is -0.0972. The van der Waals surface area contributed by atoms with Gasteiger partial charge in [-0.05, 0) is 31.9 Å². The number of carbonyl (C=O) groups is 1. The largest absolute Gasteiger partial charge is 0.378 e. The number of nitrogens with one attached hydrogen (secondary N) is 1. The van der Waals surface area contributed by atoms with Crippen LogP contribution in [-0.2, 0) is 4.74 Å². The van der Waals surface area contributed by atoms with E-state index in [1.54, 1.807) is 11.1 Å². The predicted octanol–water partition coefficient (Wildman–Crippen LogP) is 2.62. The van der Waals surface area contributed by atoms with Crippen molar-refractivity contribution in [2.24, 2.45) is 0 Å². The van der Waals surface area contributed by atoms with Gasteiger partial charge in [0, 0.05) is 18.8 Å². The molecule has 1 N–H and O–H groups in total. The fraction of sp³-hybridized carbons (Fsp3) is 0.389. The van der Waals surface area contributed by atoms with Crippen LogP contribution in [0, 0.1) is 20.8 Å². The molecule has 6 nitrogen and oxygen atoms in total. The van der Waals surface area contributed by atoms with Crippen molar-refractivity contribution in [1.29, 1.82) is 0 Å². The second-order valence-electron chi connectivity index (χ2n) is 6.09. The van der Waals surface area contributed by atoms with Gasteiger partial charge in [-0.1, -0.05) is 17.7 Å². The third-order valence-electron chi connectivity index (χ3n) is 4.10. The molecule has 0 radical (unpaired) electrons. The van der Waals surface area contributed by atoms with Gasteiger partial charge in [0.1, 0.15) is 11.5 Å². The number of morpholine rings is 1. The zero-order chi connectivity index (χ0) is 17.1. The van der Waals surface area contributed by atoms with Crippen LogP contribution in [0.3, 0.4) is 0 Å². The quantitative estimate of drug-likeness (QED) is 0.939. The number of carbonyl (C=O) groups excluding carboxylic acids is 1. The molecule has 1 aromatic carbocycles. The normalized spacial score (nSPS) is 14.5. The van der Waals surface area contributed by atoms with Gasteiger partial charge in [0.05, 0.1) is 25.6 Å². The number of benzene rings is 1. The van der Waals surface area contributed by atoms with Crippen molar-refractivity contribution in [2.75, 3.05) is 31.6 Å². The fourth-order valence-corrected chi connectivity index (χ4v) is 2.94. The lowest BCUT2D eigenvalue weighted by molar-refractivity contribution is 0.0298. The molecule has 0 spiro atoms. The average molecular weight is 326 g/mol. The standard InChI is InChI=1S/C18H22N4O2/c1-12-8-13(2)17(14(3)9-12)21-16-11-19-15(10-20-16)18(23)22-4-6-24-7-5-22/h8-11H,4-7H2,1-3H3,(H,20,21). The van der Waals surface area contributed by atoms with Gasteiger partial charge in [0.2, 0.25) is 0 Å². The molecule has 0 saturated carbocycles. The number of ether oxygens (including phenoxy) is 1. The van der Waals surface area contributed by atoms with Gasteiger partial charge in [-0.25, -0.2) is 9.97 Å². The van der Waals surface area contributed by atoms with Crippen molar-refractivity contribution in [3.63, 3.8) is 0 Å². The van der Waals surface area contributed by atoms with E-state index in [4.69, 9.17) is 4.74 Å². The second-order valence-corrected chi connectivity index (χ2v) is 6.09. The molecular formula is C18H22N4O2. The van der Waals surface area contributed by atoms with Crippen LogP contribution < -0.4 is 5.32 Å². The van der Waals surface area contributed by atoms with Crippen molar-refractivity contribution in [1.82, 2.24) is 14.9 Å². The molecule has 3 rings (SSSR count). The Morgan fingerprint density at radius 3 is 2.33 bits per heavy atom. The number of amides is 1. The molecule has 0 bridgehead atoms. The molecule has 0 aliphatic carbocycles. The third-order valence-corrected chi connectivity index (χ3v) is 4.10. The van der Waals surface area contributed by atoms with E-state index >= 15 is 0 Å². The highest BCUT2D eigenvalue weighted by Crippen LogP contribution is 2.24. The third kappa shape index (κ3) is 3.54. The molecule has 2 heterocycles. The lowest BCUT2D eigenvalue weighted by Gasteiger charge is -2.26. The molecule has 2 aromatic rings. The van der Waals surface area contributed by atoms with Gasteiger partial charge in [-0.3, -0.25) is 4.79 Å². The van der Waals surface area contributed by atoms with Gasteiger partial charge in [-0.15, -0.1) is 0 Å². The predicted molar refractivity (Wildman–Crippen MR) is 92.7 cm³/mol. The highest BCUT2D eigenvalue weighted by atomic mass is 16.5. The molecule has 1 aliphatic heterocycles. The Bertz CT molecular complexity index is 714. The van der Waals surface area contributed by atoms with Crippen molar-refractivity contribution in [2.45, 2.75) is 20.8 Å². The fourth-order valence-electron chi connectivity index (χ4n) is 2.94. The van der Waals surface area contributed by atoms with E-state index in [9.17, 15) is 4.79 Å². The number of rotatable bonds is 3. The Hall–Kier alpha value is -2.47. The Morgan fingerprint density at radius 1 is 1.08 bits per heavy atom. The topological polar surface area (TPSA) is 67.4 Å². The molecule has 0 unspecified atom stereocenters. The summed E-state index contributed by atoms with van der Waals surface area (Å²) >= 11 is 0.